The van der Waals surface area contributed by atoms with Gasteiger partial charge < -0.3 is 15.2 Å². The Morgan fingerprint density at radius 1 is 1.56 bits per heavy atom. The number of phenols is 1. The van der Waals surface area contributed by atoms with Crippen LogP contribution in [0.5, 0.6) is 11.5 Å². The number of rotatable bonds is 4. The zero-order chi connectivity index (χ0) is 11.5. The Kier molecular flexibility index (Phi) is 2.99. The second-order valence-corrected chi connectivity index (χ2v) is 4.04. The number of hydrogen-bond donors (Lipinski definition) is 2. The number of phenolic OH excluding ortho intramolecular Hbond substituents is 1. The largest absolute Gasteiger partial charge is 0.508 e. The molecule has 2 rings (SSSR count). The van der Waals surface area contributed by atoms with Gasteiger partial charge in [-0.25, -0.2) is 0 Å². The molecule has 0 spiro atoms. The van der Waals surface area contributed by atoms with Crippen LogP contribution in [0.2, 0.25) is 0 Å². The summed E-state index contributed by atoms with van der Waals surface area (Å²) in [6.07, 6.45) is 1.58. The molecule has 0 aliphatic heterocycles. The Morgan fingerprint density at radius 3 is 2.94 bits per heavy atom. The highest BCUT2D eigenvalue weighted by Gasteiger charge is 2.26. The van der Waals surface area contributed by atoms with Crippen LogP contribution >= 0.6 is 0 Å². The van der Waals surface area contributed by atoms with Crippen LogP contribution in [0.1, 0.15) is 19.8 Å². The lowest BCUT2D eigenvalue weighted by molar-refractivity contribution is -0.127. The molecule has 4 nitrogen and oxygen atoms in total. The van der Waals surface area contributed by atoms with Crippen LogP contribution in [0.15, 0.2) is 24.3 Å². The molecule has 1 atom stereocenters. The summed E-state index contributed by atoms with van der Waals surface area (Å²) >= 11 is 0. The van der Waals surface area contributed by atoms with Gasteiger partial charge in [0.05, 0.1) is 0 Å². The maximum Gasteiger partial charge on any atom is 0.260 e. The molecule has 86 valence electrons. The lowest BCUT2D eigenvalue weighted by Gasteiger charge is -2.14. The molecule has 16 heavy (non-hydrogen) atoms. The predicted octanol–water partition coefficient (Wildman–Crippen LogP) is 1.44. The Hall–Kier alpha value is -1.71. The van der Waals surface area contributed by atoms with E-state index in [1.165, 1.54) is 6.07 Å². The number of nitrogens with one attached hydrogen (secondary N) is 1. The van der Waals surface area contributed by atoms with Crippen molar-refractivity contribution >= 4 is 5.91 Å². The molecule has 1 saturated carbocycles. The Labute approximate surface area is 94.2 Å². The van der Waals surface area contributed by atoms with Crippen molar-refractivity contribution in [2.75, 3.05) is 0 Å². The fourth-order valence-corrected chi connectivity index (χ4v) is 1.36. The highest BCUT2D eigenvalue weighted by Crippen LogP contribution is 2.21. The van der Waals surface area contributed by atoms with E-state index in [-0.39, 0.29) is 11.7 Å². The van der Waals surface area contributed by atoms with Crippen molar-refractivity contribution in [3.8, 4) is 11.5 Å². The van der Waals surface area contributed by atoms with E-state index >= 15 is 0 Å². The molecule has 1 unspecified atom stereocenters. The molecule has 1 aromatic rings. The maximum absolute atomic E-state index is 11.6. The average Bonchev–Trinajstić information content (AvgIpc) is 3.01. The Balaban J connectivity index is 1.90. The normalized spacial score (nSPS) is 16.6. The summed E-state index contributed by atoms with van der Waals surface area (Å²) in [4.78, 5) is 11.6. The fourth-order valence-electron chi connectivity index (χ4n) is 1.36. The SMILES string of the molecule is CC(Oc1cccc(O)c1)C(=O)NC1CC1. The molecule has 1 fully saturated rings. The van der Waals surface area contributed by atoms with E-state index in [4.69, 9.17) is 4.74 Å². The van der Waals surface area contributed by atoms with E-state index in [1.807, 2.05) is 0 Å². The number of carbonyl (C=O) groups excluding carboxylic acids is 1. The lowest BCUT2D eigenvalue weighted by Crippen LogP contribution is -2.37. The molecule has 1 amide bonds. The van der Waals surface area contributed by atoms with Crippen LogP contribution in [-0.2, 0) is 4.79 Å². The van der Waals surface area contributed by atoms with Crippen LogP contribution < -0.4 is 10.1 Å². The molecule has 1 aromatic carbocycles. The number of hydrogen-bond acceptors (Lipinski definition) is 3. The van der Waals surface area contributed by atoms with Crippen LogP contribution in [0.3, 0.4) is 0 Å². The van der Waals surface area contributed by atoms with Crippen LogP contribution in [0.25, 0.3) is 0 Å². The van der Waals surface area contributed by atoms with Crippen LogP contribution in [-0.4, -0.2) is 23.2 Å². The monoisotopic (exact) mass is 221 g/mol. The van der Waals surface area contributed by atoms with Crippen LogP contribution in [0, 0.1) is 0 Å². The molecule has 0 heterocycles. The maximum atomic E-state index is 11.6. The molecule has 0 aromatic heterocycles. The van der Waals surface area contributed by atoms with Crippen molar-refractivity contribution in [1.29, 1.82) is 0 Å². The van der Waals surface area contributed by atoms with Crippen molar-refractivity contribution in [3.63, 3.8) is 0 Å². The van der Waals surface area contributed by atoms with Crippen LogP contribution in [0.4, 0.5) is 0 Å². The van der Waals surface area contributed by atoms with Gasteiger partial charge in [-0.3, -0.25) is 4.79 Å². The number of amides is 1. The standard InChI is InChI=1S/C12H15NO3/c1-8(12(15)13-9-5-6-9)16-11-4-2-3-10(14)7-11/h2-4,7-9,14H,5-6H2,1H3,(H,13,15). The van der Waals surface area contributed by atoms with E-state index in [0.29, 0.717) is 11.8 Å². The fraction of sp³-hybridized carbons (Fsp3) is 0.417. The number of carbonyl (C=O) groups is 1. The van der Waals surface area contributed by atoms with Crippen molar-refractivity contribution < 1.29 is 14.6 Å². The molecule has 2 N–H and O–H groups in total. The summed E-state index contributed by atoms with van der Waals surface area (Å²) in [6.45, 7) is 1.70. The van der Waals surface area contributed by atoms with Crippen molar-refractivity contribution in [2.45, 2.75) is 31.9 Å². The molecule has 0 saturated heterocycles. The molecule has 4 heteroatoms. The summed E-state index contributed by atoms with van der Waals surface area (Å²) in [7, 11) is 0. The highest BCUT2D eigenvalue weighted by atomic mass is 16.5. The summed E-state index contributed by atoms with van der Waals surface area (Å²) in [6, 6.07) is 6.77. The minimum absolute atomic E-state index is 0.106. The quantitative estimate of drug-likeness (QED) is 0.808. The third kappa shape index (κ3) is 2.89. The summed E-state index contributed by atoms with van der Waals surface area (Å²) in [5.74, 6) is 0.525. The van der Waals surface area contributed by atoms with E-state index in [9.17, 15) is 9.90 Å². The summed E-state index contributed by atoms with van der Waals surface area (Å²) < 4.78 is 5.41. The third-order valence-electron chi connectivity index (χ3n) is 2.42. The van der Waals surface area contributed by atoms with E-state index in [0.717, 1.165) is 12.8 Å². The molecular formula is C12H15NO3. The van der Waals surface area contributed by atoms with Gasteiger partial charge in [-0.05, 0) is 31.9 Å². The zero-order valence-electron chi connectivity index (χ0n) is 9.14. The van der Waals surface area contributed by atoms with Gasteiger partial charge in [0.2, 0.25) is 0 Å². The topological polar surface area (TPSA) is 58.6 Å². The minimum atomic E-state index is -0.539. The number of aromatic hydroxyl groups is 1. The summed E-state index contributed by atoms with van der Waals surface area (Å²) in [5, 5.41) is 12.1. The van der Waals surface area contributed by atoms with Gasteiger partial charge in [0, 0.05) is 12.1 Å². The number of benzene rings is 1. The second-order valence-electron chi connectivity index (χ2n) is 4.04. The third-order valence-corrected chi connectivity index (χ3v) is 2.42. The second kappa shape index (κ2) is 4.43. The predicted molar refractivity (Wildman–Crippen MR) is 59.4 cm³/mol. The Morgan fingerprint density at radius 2 is 2.31 bits per heavy atom. The first kappa shape index (κ1) is 10.8. The first-order valence-electron chi connectivity index (χ1n) is 5.41. The van der Waals surface area contributed by atoms with Gasteiger partial charge in [-0.15, -0.1) is 0 Å². The molecule has 0 radical (unpaired) electrons. The average molecular weight is 221 g/mol. The summed E-state index contributed by atoms with van der Waals surface area (Å²) in [5.41, 5.74) is 0. The smallest absolute Gasteiger partial charge is 0.260 e. The van der Waals surface area contributed by atoms with E-state index in [2.05, 4.69) is 5.32 Å². The van der Waals surface area contributed by atoms with Gasteiger partial charge in [0.25, 0.3) is 5.91 Å². The molecule has 1 aliphatic carbocycles. The zero-order valence-corrected chi connectivity index (χ0v) is 9.14. The van der Waals surface area contributed by atoms with Gasteiger partial charge >= 0.3 is 0 Å². The van der Waals surface area contributed by atoms with E-state index < -0.39 is 6.10 Å². The molecule has 0 bridgehead atoms. The van der Waals surface area contributed by atoms with Crippen molar-refractivity contribution in [1.82, 2.24) is 5.32 Å². The van der Waals surface area contributed by atoms with Crippen molar-refractivity contribution in [2.24, 2.45) is 0 Å². The van der Waals surface area contributed by atoms with Gasteiger partial charge in [0.15, 0.2) is 6.10 Å². The lowest BCUT2D eigenvalue weighted by atomic mass is 10.3. The Bertz CT molecular complexity index is 388. The van der Waals surface area contributed by atoms with Gasteiger partial charge in [-0.2, -0.15) is 0 Å². The first-order valence-corrected chi connectivity index (χ1v) is 5.41. The number of ether oxygens (including phenoxy) is 1. The van der Waals surface area contributed by atoms with Gasteiger partial charge in [-0.1, -0.05) is 6.07 Å². The minimum Gasteiger partial charge on any atom is -0.508 e. The molecular weight excluding hydrogens is 206 g/mol. The first-order chi connectivity index (χ1) is 7.65. The highest BCUT2D eigenvalue weighted by molar-refractivity contribution is 5.81. The van der Waals surface area contributed by atoms with Gasteiger partial charge in [0.1, 0.15) is 11.5 Å². The van der Waals surface area contributed by atoms with E-state index in [1.54, 1.807) is 25.1 Å². The van der Waals surface area contributed by atoms with Crippen molar-refractivity contribution in [3.05, 3.63) is 24.3 Å². The molecule has 1 aliphatic rings.